The summed E-state index contributed by atoms with van der Waals surface area (Å²) in [6.45, 7) is 2.65. The molecular weight excluding hydrogens is 288 g/mol. The van der Waals surface area contributed by atoms with E-state index in [1.54, 1.807) is 37.1 Å². The highest BCUT2D eigenvalue weighted by Gasteiger charge is 2.17. The number of hydrogen-bond acceptors (Lipinski definition) is 4. The molecule has 0 unspecified atom stereocenters. The normalized spacial score (nSPS) is 11.8. The average Bonchev–Trinajstić information content (AvgIpc) is 2.85. The minimum absolute atomic E-state index is 0.228. The van der Waals surface area contributed by atoms with Crippen LogP contribution in [0, 0.1) is 6.92 Å². The van der Waals surface area contributed by atoms with Crippen LogP contribution in [0.1, 0.15) is 16.7 Å². The lowest BCUT2D eigenvalue weighted by Gasteiger charge is -2.10. The quantitative estimate of drug-likeness (QED) is 0.832. The number of sulfonamides is 1. The molecule has 0 aliphatic heterocycles. The van der Waals surface area contributed by atoms with Gasteiger partial charge in [0.15, 0.2) is 0 Å². The third-order valence-corrected chi connectivity index (χ3v) is 4.69. The lowest BCUT2D eigenvalue weighted by molar-refractivity contribution is 0.580. The van der Waals surface area contributed by atoms with Crippen molar-refractivity contribution >= 4 is 10.0 Å². The van der Waals surface area contributed by atoms with Gasteiger partial charge >= 0.3 is 0 Å². The summed E-state index contributed by atoms with van der Waals surface area (Å²) in [5.74, 6) is 0. The van der Waals surface area contributed by atoms with Gasteiger partial charge < -0.3 is 5.32 Å². The van der Waals surface area contributed by atoms with Crippen molar-refractivity contribution in [3.05, 3.63) is 47.3 Å². The second-order valence-corrected chi connectivity index (χ2v) is 6.71. The van der Waals surface area contributed by atoms with Crippen molar-refractivity contribution in [2.45, 2.75) is 24.9 Å². The van der Waals surface area contributed by atoms with Crippen LogP contribution in [0.3, 0.4) is 0 Å². The number of nitrogens with zero attached hydrogens (tertiary/aromatic N) is 2. The number of aromatic nitrogens is 2. The molecule has 0 aliphatic carbocycles. The summed E-state index contributed by atoms with van der Waals surface area (Å²) >= 11 is 0. The van der Waals surface area contributed by atoms with Crippen molar-refractivity contribution in [1.82, 2.24) is 19.8 Å². The fourth-order valence-electron chi connectivity index (χ4n) is 2.07. The van der Waals surface area contributed by atoms with E-state index in [-0.39, 0.29) is 6.54 Å². The number of aryl methyl sites for hydroxylation is 2. The fraction of sp³-hybridized carbons (Fsp3) is 0.357. The molecule has 0 aliphatic rings. The van der Waals surface area contributed by atoms with Crippen LogP contribution in [0.25, 0.3) is 0 Å². The van der Waals surface area contributed by atoms with Gasteiger partial charge in [0.05, 0.1) is 11.1 Å². The van der Waals surface area contributed by atoms with Gasteiger partial charge in [-0.15, -0.1) is 0 Å². The highest BCUT2D eigenvalue weighted by molar-refractivity contribution is 7.89. The maximum absolute atomic E-state index is 12.4. The molecule has 1 aromatic heterocycles. The number of benzene rings is 1. The second-order valence-electron chi connectivity index (χ2n) is 4.98. The van der Waals surface area contributed by atoms with Crippen molar-refractivity contribution < 1.29 is 8.42 Å². The second kappa shape index (κ2) is 6.38. The van der Waals surface area contributed by atoms with Crippen LogP contribution in [0.5, 0.6) is 0 Å². The minimum atomic E-state index is -3.54. The van der Waals surface area contributed by atoms with Crippen LogP contribution in [0.4, 0.5) is 0 Å². The first kappa shape index (κ1) is 15.7. The summed E-state index contributed by atoms with van der Waals surface area (Å²) in [7, 11) is 0.0876. The van der Waals surface area contributed by atoms with Crippen molar-refractivity contribution in [2.75, 3.05) is 7.05 Å². The van der Waals surface area contributed by atoms with Gasteiger partial charge in [0.1, 0.15) is 0 Å². The zero-order valence-electron chi connectivity index (χ0n) is 12.4. The molecule has 0 bridgehead atoms. The zero-order valence-corrected chi connectivity index (χ0v) is 13.2. The summed E-state index contributed by atoms with van der Waals surface area (Å²) in [6, 6.07) is 5.45. The van der Waals surface area contributed by atoms with Crippen LogP contribution in [0.2, 0.25) is 0 Å². The SMILES string of the molecule is CNCc1ccc(C)c(S(=O)(=O)NCc2cnn(C)c2)c1. The maximum atomic E-state index is 12.4. The van der Waals surface area contributed by atoms with E-state index in [1.165, 1.54) is 0 Å². The summed E-state index contributed by atoms with van der Waals surface area (Å²) in [5, 5.41) is 7.04. The summed E-state index contributed by atoms with van der Waals surface area (Å²) in [6.07, 6.45) is 3.43. The molecule has 2 rings (SSSR count). The Morgan fingerprint density at radius 3 is 2.62 bits per heavy atom. The monoisotopic (exact) mass is 308 g/mol. The largest absolute Gasteiger partial charge is 0.316 e. The Hall–Kier alpha value is -1.70. The molecule has 6 nitrogen and oxygen atoms in total. The topological polar surface area (TPSA) is 76.0 Å². The number of hydrogen-bond donors (Lipinski definition) is 2. The third kappa shape index (κ3) is 3.90. The van der Waals surface area contributed by atoms with Gasteiger partial charge in [0, 0.05) is 31.9 Å². The van der Waals surface area contributed by atoms with Gasteiger partial charge in [-0.3, -0.25) is 4.68 Å². The Morgan fingerprint density at radius 1 is 1.24 bits per heavy atom. The smallest absolute Gasteiger partial charge is 0.241 e. The van der Waals surface area contributed by atoms with Gasteiger partial charge in [-0.25, -0.2) is 13.1 Å². The van der Waals surface area contributed by atoms with E-state index in [4.69, 9.17) is 0 Å². The molecule has 1 aromatic carbocycles. The van der Waals surface area contributed by atoms with E-state index >= 15 is 0 Å². The Kier molecular flexibility index (Phi) is 4.76. The maximum Gasteiger partial charge on any atom is 0.241 e. The summed E-state index contributed by atoms with van der Waals surface area (Å²) < 4.78 is 29.1. The molecule has 0 saturated heterocycles. The predicted octanol–water partition coefficient (Wildman–Crippen LogP) is 0.926. The first-order valence-electron chi connectivity index (χ1n) is 6.63. The highest BCUT2D eigenvalue weighted by atomic mass is 32.2. The van der Waals surface area contributed by atoms with Crippen LogP contribution in [-0.2, 0) is 30.2 Å². The van der Waals surface area contributed by atoms with Crippen LogP contribution < -0.4 is 10.0 Å². The van der Waals surface area contributed by atoms with Crippen molar-refractivity contribution in [2.24, 2.45) is 7.05 Å². The van der Waals surface area contributed by atoms with E-state index in [2.05, 4.69) is 15.1 Å². The standard InChI is InChI=1S/C14H20N4O2S/c1-11-4-5-12(7-15-2)6-14(11)21(19,20)17-9-13-8-16-18(3)10-13/h4-6,8,10,15,17H,7,9H2,1-3H3. The summed E-state index contributed by atoms with van der Waals surface area (Å²) in [4.78, 5) is 0.319. The highest BCUT2D eigenvalue weighted by Crippen LogP contribution is 2.17. The third-order valence-electron chi connectivity index (χ3n) is 3.15. The molecule has 114 valence electrons. The van der Waals surface area contributed by atoms with E-state index in [0.717, 1.165) is 16.7 Å². The van der Waals surface area contributed by atoms with E-state index in [0.29, 0.717) is 11.4 Å². The Morgan fingerprint density at radius 2 is 2.00 bits per heavy atom. The molecule has 0 spiro atoms. The Balaban J connectivity index is 2.20. The molecule has 21 heavy (non-hydrogen) atoms. The first-order chi connectivity index (χ1) is 9.92. The summed E-state index contributed by atoms with van der Waals surface area (Å²) in [5.41, 5.74) is 2.49. The van der Waals surface area contributed by atoms with Crippen molar-refractivity contribution in [3.63, 3.8) is 0 Å². The minimum Gasteiger partial charge on any atom is -0.316 e. The molecule has 2 N–H and O–H groups in total. The van der Waals surface area contributed by atoms with Crippen molar-refractivity contribution in [1.29, 1.82) is 0 Å². The number of rotatable bonds is 6. The molecule has 0 amide bonds. The van der Waals surface area contributed by atoms with Gasteiger partial charge in [-0.1, -0.05) is 12.1 Å². The van der Waals surface area contributed by atoms with Gasteiger partial charge in [0.25, 0.3) is 0 Å². The van der Waals surface area contributed by atoms with Gasteiger partial charge in [-0.2, -0.15) is 5.10 Å². The molecule has 0 saturated carbocycles. The Bertz CT molecular complexity index is 722. The average molecular weight is 308 g/mol. The Labute approximate surface area is 125 Å². The molecule has 1 heterocycles. The molecule has 7 heteroatoms. The van der Waals surface area contributed by atoms with Gasteiger partial charge in [-0.05, 0) is 31.2 Å². The fourth-order valence-corrected chi connectivity index (χ4v) is 3.38. The first-order valence-corrected chi connectivity index (χ1v) is 8.12. The van der Waals surface area contributed by atoms with Crippen LogP contribution >= 0.6 is 0 Å². The predicted molar refractivity (Wildman–Crippen MR) is 81.2 cm³/mol. The molecule has 0 atom stereocenters. The van der Waals surface area contributed by atoms with Crippen LogP contribution in [-0.4, -0.2) is 25.2 Å². The van der Waals surface area contributed by atoms with E-state index < -0.39 is 10.0 Å². The van der Waals surface area contributed by atoms with E-state index in [1.807, 2.05) is 19.2 Å². The van der Waals surface area contributed by atoms with E-state index in [9.17, 15) is 8.42 Å². The van der Waals surface area contributed by atoms with Gasteiger partial charge in [0.2, 0.25) is 10.0 Å². The molecule has 0 fully saturated rings. The number of nitrogens with one attached hydrogen (secondary N) is 2. The molecular formula is C14H20N4O2S. The van der Waals surface area contributed by atoms with Crippen molar-refractivity contribution in [3.8, 4) is 0 Å². The van der Waals surface area contributed by atoms with Crippen LogP contribution in [0.15, 0.2) is 35.5 Å². The molecule has 0 radical (unpaired) electrons. The lowest BCUT2D eigenvalue weighted by atomic mass is 10.1. The molecule has 2 aromatic rings. The zero-order chi connectivity index (χ0) is 15.5. The lowest BCUT2D eigenvalue weighted by Crippen LogP contribution is -2.24.